The molecule has 2 amide bonds. The SMILES string of the molecule is CCCCCC(C)NC(=O)N1CCCC1CC(=O)O. The molecule has 1 heterocycles. The molecule has 1 saturated heterocycles. The molecule has 2 N–H and O–H groups in total. The highest BCUT2D eigenvalue weighted by molar-refractivity contribution is 5.76. The summed E-state index contributed by atoms with van der Waals surface area (Å²) in [7, 11) is 0. The molecule has 2 unspecified atom stereocenters. The fraction of sp³-hybridized carbons (Fsp3) is 0.857. The molecule has 1 aliphatic rings. The van der Waals surface area contributed by atoms with Crippen LogP contribution < -0.4 is 5.32 Å². The number of amides is 2. The Morgan fingerprint density at radius 3 is 2.79 bits per heavy atom. The standard InChI is InChI=1S/C14H26N2O3/c1-3-4-5-7-11(2)15-14(19)16-9-6-8-12(16)10-13(17)18/h11-12H,3-10H2,1-2H3,(H,15,19)(H,17,18). The van der Waals surface area contributed by atoms with Crippen LogP contribution in [0.15, 0.2) is 0 Å². The van der Waals surface area contributed by atoms with E-state index >= 15 is 0 Å². The van der Waals surface area contributed by atoms with Gasteiger partial charge in [0.1, 0.15) is 0 Å². The molecule has 0 aromatic rings. The van der Waals surface area contributed by atoms with Crippen LogP contribution in [0.25, 0.3) is 0 Å². The smallest absolute Gasteiger partial charge is 0.317 e. The summed E-state index contributed by atoms with van der Waals surface area (Å²) < 4.78 is 0. The van der Waals surface area contributed by atoms with Crippen molar-refractivity contribution in [3.8, 4) is 0 Å². The Morgan fingerprint density at radius 2 is 2.16 bits per heavy atom. The molecule has 5 heteroatoms. The molecular weight excluding hydrogens is 244 g/mol. The molecule has 110 valence electrons. The average molecular weight is 270 g/mol. The number of aliphatic carboxylic acids is 1. The van der Waals surface area contributed by atoms with Gasteiger partial charge in [0.25, 0.3) is 0 Å². The number of nitrogens with one attached hydrogen (secondary N) is 1. The van der Waals surface area contributed by atoms with E-state index in [0.29, 0.717) is 6.54 Å². The average Bonchev–Trinajstić information content (AvgIpc) is 2.76. The van der Waals surface area contributed by atoms with E-state index in [0.717, 1.165) is 25.7 Å². The Kier molecular flexibility index (Phi) is 6.67. The van der Waals surface area contributed by atoms with Crippen LogP contribution in [0.2, 0.25) is 0 Å². The van der Waals surface area contributed by atoms with E-state index in [1.54, 1.807) is 4.90 Å². The quantitative estimate of drug-likeness (QED) is 0.699. The zero-order valence-corrected chi connectivity index (χ0v) is 12.0. The van der Waals surface area contributed by atoms with Crippen molar-refractivity contribution in [3.63, 3.8) is 0 Å². The molecule has 0 aliphatic carbocycles. The third-order valence-corrected chi connectivity index (χ3v) is 3.66. The van der Waals surface area contributed by atoms with Gasteiger partial charge in [-0.05, 0) is 26.2 Å². The maximum absolute atomic E-state index is 12.1. The number of carboxylic acids is 1. The first-order chi connectivity index (χ1) is 9.04. The predicted molar refractivity (Wildman–Crippen MR) is 74.1 cm³/mol. The minimum atomic E-state index is -0.833. The van der Waals surface area contributed by atoms with E-state index in [9.17, 15) is 9.59 Å². The van der Waals surface area contributed by atoms with E-state index in [2.05, 4.69) is 12.2 Å². The van der Waals surface area contributed by atoms with Crippen molar-refractivity contribution in [2.24, 2.45) is 0 Å². The first-order valence-corrected chi connectivity index (χ1v) is 7.33. The van der Waals surface area contributed by atoms with E-state index in [1.165, 1.54) is 12.8 Å². The molecule has 0 aromatic heterocycles. The Morgan fingerprint density at radius 1 is 1.42 bits per heavy atom. The van der Waals surface area contributed by atoms with Crippen LogP contribution >= 0.6 is 0 Å². The summed E-state index contributed by atoms with van der Waals surface area (Å²) in [6.07, 6.45) is 6.21. The van der Waals surface area contributed by atoms with E-state index in [4.69, 9.17) is 5.11 Å². The second kappa shape index (κ2) is 8.02. The normalized spacial score (nSPS) is 20.3. The van der Waals surface area contributed by atoms with Gasteiger partial charge in [-0.3, -0.25) is 4.79 Å². The molecular formula is C14H26N2O3. The number of hydrogen-bond acceptors (Lipinski definition) is 2. The van der Waals surface area contributed by atoms with E-state index in [-0.39, 0.29) is 24.5 Å². The predicted octanol–water partition coefficient (Wildman–Crippen LogP) is 2.60. The van der Waals surface area contributed by atoms with Crippen LogP contribution in [0.1, 0.15) is 58.8 Å². The largest absolute Gasteiger partial charge is 0.481 e. The number of urea groups is 1. The number of likely N-dealkylation sites (tertiary alicyclic amines) is 1. The van der Waals surface area contributed by atoms with Crippen LogP contribution in [0.5, 0.6) is 0 Å². The lowest BCUT2D eigenvalue weighted by Gasteiger charge is -2.26. The van der Waals surface area contributed by atoms with Crippen molar-refractivity contribution < 1.29 is 14.7 Å². The Hall–Kier alpha value is -1.26. The van der Waals surface area contributed by atoms with Gasteiger partial charge in [-0.2, -0.15) is 0 Å². The topological polar surface area (TPSA) is 69.6 Å². The number of nitrogens with zero attached hydrogens (tertiary/aromatic N) is 1. The monoisotopic (exact) mass is 270 g/mol. The van der Waals surface area contributed by atoms with Crippen LogP contribution in [0.4, 0.5) is 4.79 Å². The molecule has 1 rings (SSSR count). The molecule has 0 bridgehead atoms. The van der Waals surface area contributed by atoms with Crippen molar-refractivity contribution in [1.82, 2.24) is 10.2 Å². The van der Waals surface area contributed by atoms with Gasteiger partial charge < -0.3 is 15.3 Å². The van der Waals surface area contributed by atoms with Crippen LogP contribution in [0.3, 0.4) is 0 Å². The molecule has 2 atom stereocenters. The van der Waals surface area contributed by atoms with Gasteiger partial charge in [-0.15, -0.1) is 0 Å². The van der Waals surface area contributed by atoms with Gasteiger partial charge in [0.2, 0.25) is 0 Å². The molecule has 19 heavy (non-hydrogen) atoms. The van der Waals surface area contributed by atoms with Crippen molar-refractivity contribution in [3.05, 3.63) is 0 Å². The molecule has 0 radical (unpaired) electrons. The Labute approximate surface area is 115 Å². The summed E-state index contributed by atoms with van der Waals surface area (Å²) >= 11 is 0. The second-order valence-corrected chi connectivity index (χ2v) is 5.43. The summed E-state index contributed by atoms with van der Waals surface area (Å²) in [5.41, 5.74) is 0. The van der Waals surface area contributed by atoms with Crippen LogP contribution in [0, 0.1) is 0 Å². The van der Waals surface area contributed by atoms with Gasteiger partial charge in [0.05, 0.1) is 6.42 Å². The van der Waals surface area contributed by atoms with Crippen molar-refractivity contribution in [1.29, 1.82) is 0 Å². The minimum absolute atomic E-state index is 0.0532. The van der Waals surface area contributed by atoms with Crippen molar-refractivity contribution >= 4 is 12.0 Å². The Bertz CT molecular complexity index is 307. The maximum atomic E-state index is 12.1. The van der Waals surface area contributed by atoms with Crippen molar-refractivity contribution in [2.45, 2.75) is 70.9 Å². The third kappa shape index (κ3) is 5.49. The number of carbonyl (C=O) groups excluding carboxylic acids is 1. The second-order valence-electron chi connectivity index (χ2n) is 5.43. The fourth-order valence-electron chi connectivity index (χ4n) is 2.58. The zero-order valence-electron chi connectivity index (χ0n) is 12.0. The molecule has 0 aromatic carbocycles. The van der Waals surface area contributed by atoms with Crippen LogP contribution in [-0.4, -0.2) is 40.6 Å². The lowest BCUT2D eigenvalue weighted by Crippen LogP contribution is -2.46. The number of unbranched alkanes of at least 4 members (excludes halogenated alkanes) is 2. The van der Waals surface area contributed by atoms with Gasteiger partial charge >= 0.3 is 12.0 Å². The number of hydrogen-bond donors (Lipinski definition) is 2. The molecule has 5 nitrogen and oxygen atoms in total. The van der Waals surface area contributed by atoms with Gasteiger partial charge in [0.15, 0.2) is 0 Å². The van der Waals surface area contributed by atoms with Gasteiger partial charge in [-0.25, -0.2) is 4.79 Å². The summed E-state index contributed by atoms with van der Waals surface area (Å²) in [5, 5.41) is 11.8. The van der Waals surface area contributed by atoms with Gasteiger partial charge in [0, 0.05) is 18.6 Å². The summed E-state index contributed by atoms with van der Waals surface area (Å²) in [6.45, 7) is 4.84. The molecule has 1 aliphatic heterocycles. The Balaban J connectivity index is 2.36. The lowest BCUT2D eigenvalue weighted by atomic mass is 10.1. The fourth-order valence-corrected chi connectivity index (χ4v) is 2.58. The summed E-state index contributed by atoms with van der Waals surface area (Å²) in [6, 6.07) is -0.0850. The summed E-state index contributed by atoms with van der Waals surface area (Å²) in [5.74, 6) is -0.833. The number of carbonyl (C=O) groups is 2. The highest BCUT2D eigenvalue weighted by atomic mass is 16.4. The molecule has 0 saturated carbocycles. The lowest BCUT2D eigenvalue weighted by molar-refractivity contribution is -0.137. The highest BCUT2D eigenvalue weighted by Gasteiger charge is 2.30. The first kappa shape index (κ1) is 15.8. The molecule has 0 spiro atoms. The maximum Gasteiger partial charge on any atom is 0.317 e. The van der Waals surface area contributed by atoms with Gasteiger partial charge in [-0.1, -0.05) is 26.2 Å². The third-order valence-electron chi connectivity index (χ3n) is 3.66. The van der Waals surface area contributed by atoms with Crippen molar-refractivity contribution in [2.75, 3.05) is 6.54 Å². The molecule has 1 fully saturated rings. The zero-order chi connectivity index (χ0) is 14.3. The highest BCUT2D eigenvalue weighted by Crippen LogP contribution is 2.20. The van der Waals surface area contributed by atoms with E-state index < -0.39 is 5.97 Å². The van der Waals surface area contributed by atoms with E-state index in [1.807, 2.05) is 6.92 Å². The minimum Gasteiger partial charge on any atom is -0.481 e. The van der Waals surface area contributed by atoms with Crippen LogP contribution in [-0.2, 0) is 4.79 Å². The number of rotatable bonds is 7. The first-order valence-electron chi connectivity index (χ1n) is 7.33. The number of carboxylic acid groups (broad SMARTS) is 1. The summed E-state index contributed by atoms with van der Waals surface area (Å²) in [4.78, 5) is 24.5.